The maximum absolute atomic E-state index is 12.7. The van der Waals surface area contributed by atoms with E-state index in [1.807, 2.05) is 0 Å². The monoisotopic (exact) mass is 428 g/mol. The van der Waals surface area contributed by atoms with Crippen LogP contribution < -0.4 is 9.47 Å². The summed E-state index contributed by atoms with van der Waals surface area (Å²) in [7, 11) is 0. The smallest absolute Gasteiger partial charge is 0.347 e. The van der Waals surface area contributed by atoms with E-state index in [-0.39, 0.29) is 54.8 Å². The van der Waals surface area contributed by atoms with Crippen LogP contribution in [0.3, 0.4) is 0 Å². The van der Waals surface area contributed by atoms with Crippen molar-refractivity contribution in [2.24, 2.45) is 0 Å². The summed E-state index contributed by atoms with van der Waals surface area (Å²) >= 11 is 18.7. The molecule has 0 aromatic heterocycles. The van der Waals surface area contributed by atoms with E-state index in [4.69, 9.17) is 44.3 Å². The Morgan fingerprint density at radius 1 is 0.889 bits per heavy atom. The molecule has 3 rings (SSSR count). The fourth-order valence-electron chi connectivity index (χ4n) is 2.86. The molecule has 0 spiro atoms. The normalized spacial score (nSPS) is 13.4. The van der Waals surface area contributed by atoms with Crippen LogP contribution in [-0.4, -0.2) is 16.2 Å². The van der Waals surface area contributed by atoms with Crippen LogP contribution in [0.25, 0.3) is 5.57 Å². The first kappa shape index (κ1) is 19.7. The van der Waals surface area contributed by atoms with Crippen LogP contribution in [0.4, 0.5) is 0 Å². The third-order valence-electron chi connectivity index (χ3n) is 4.53. The van der Waals surface area contributed by atoms with Crippen molar-refractivity contribution in [1.82, 2.24) is 0 Å². The quantitative estimate of drug-likeness (QED) is 0.404. The van der Waals surface area contributed by atoms with Crippen molar-refractivity contribution in [2.75, 3.05) is 0 Å². The molecule has 5 nitrogen and oxygen atoms in total. The summed E-state index contributed by atoms with van der Waals surface area (Å²) in [6, 6.07) is 0. The van der Waals surface area contributed by atoms with Gasteiger partial charge in [-0.3, -0.25) is 0 Å². The summed E-state index contributed by atoms with van der Waals surface area (Å²) in [5.74, 6) is -1.46. The van der Waals surface area contributed by atoms with Crippen LogP contribution in [0, 0.1) is 13.8 Å². The SMILES string of the molecule is C/C=C(\C)c1c(O)c(C)c2c(c1Cl)Oc1c(Cl)c(O)c(Cl)c(C)c1C(=O)O2. The molecule has 0 bridgehead atoms. The number of allylic oxidation sites excluding steroid dienone is 2. The average Bonchev–Trinajstić information content (AvgIpc) is 2.79. The second kappa shape index (κ2) is 6.82. The van der Waals surface area contributed by atoms with Crippen LogP contribution in [0.5, 0.6) is 28.7 Å². The van der Waals surface area contributed by atoms with Gasteiger partial charge in [0.2, 0.25) is 0 Å². The molecule has 0 fully saturated rings. The van der Waals surface area contributed by atoms with Gasteiger partial charge in [-0.25, -0.2) is 4.79 Å². The third-order valence-corrected chi connectivity index (χ3v) is 5.71. The Balaban J connectivity index is 2.41. The molecule has 142 valence electrons. The topological polar surface area (TPSA) is 76.0 Å². The molecule has 2 aromatic rings. The van der Waals surface area contributed by atoms with Gasteiger partial charge in [-0.15, -0.1) is 0 Å². The van der Waals surface area contributed by atoms with Gasteiger partial charge in [0.25, 0.3) is 0 Å². The van der Waals surface area contributed by atoms with E-state index in [1.165, 1.54) is 6.92 Å². The molecule has 1 heterocycles. The van der Waals surface area contributed by atoms with E-state index in [0.29, 0.717) is 11.1 Å². The molecule has 2 N–H and O–H groups in total. The fraction of sp³-hybridized carbons (Fsp3) is 0.211. The number of halogens is 3. The van der Waals surface area contributed by atoms with Gasteiger partial charge >= 0.3 is 5.97 Å². The zero-order valence-electron chi connectivity index (χ0n) is 14.8. The Hall–Kier alpha value is -2.08. The van der Waals surface area contributed by atoms with E-state index < -0.39 is 11.7 Å². The first-order valence-electron chi connectivity index (χ1n) is 7.90. The van der Waals surface area contributed by atoms with Gasteiger partial charge in [0.1, 0.15) is 16.3 Å². The number of ether oxygens (including phenoxy) is 2. The van der Waals surface area contributed by atoms with Gasteiger partial charge in [-0.1, -0.05) is 40.9 Å². The Morgan fingerprint density at radius 3 is 2.11 bits per heavy atom. The molecule has 0 amide bonds. The van der Waals surface area contributed by atoms with Gasteiger partial charge in [0.05, 0.1) is 10.0 Å². The summed E-state index contributed by atoms with van der Waals surface area (Å²) in [4.78, 5) is 12.7. The first-order valence-corrected chi connectivity index (χ1v) is 9.03. The Labute approximate surface area is 170 Å². The summed E-state index contributed by atoms with van der Waals surface area (Å²) in [5.41, 5.74) is 1.54. The minimum absolute atomic E-state index is 0.0123. The van der Waals surface area contributed by atoms with Crippen LogP contribution in [-0.2, 0) is 0 Å². The largest absolute Gasteiger partial charge is 0.507 e. The van der Waals surface area contributed by atoms with Crippen LogP contribution in [0.1, 0.15) is 40.9 Å². The van der Waals surface area contributed by atoms with E-state index in [1.54, 1.807) is 26.8 Å². The van der Waals surface area contributed by atoms with Crippen LogP contribution in [0.15, 0.2) is 6.08 Å². The number of phenolic OH excluding ortho intramolecular Hbond substituents is 2. The molecule has 1 aliphatic heterocycles. The molecule has 0 saturated heterocycles. The number of carbonyl (C=O) groups is 1. The second-order valence-corrected chi connectivity index (χ2v) is 7.22. The highest BCUT2D eigenvalue weighted by Gasteiger charge is 2.35. The molecular formula is C19H15Cl3O5. The van der Waals surface area contributed by atoms with Crippen molar-refractivity contribution in [1.29, 1.82) is 0 Å². The summed E-state index contributed by atoms with van der Waals surface area (Å²) in [6.07, 6.45) is 1.77. The number of esters is 1. The Morgan fingerprint density at radius 2 is 1.52 bits per heavy atom. The molecule has 1 aliphatic rings. The number of aromatic hydroxyl groups is 2. The third kappa shape index (κ3) is 2.81. The number of benzene rings is 2. The highest BCUT2D eigenvalue weighted by Crippen LogP contribution is 2.55. The Kier molecular flexibility index (Phi) is 4.97. The maximum Gasteiger partial charge on any atom is 0.347 e. The van der Waals surface area contributed by atoms with E-state index in [9.17, 15) is 15.0 Å². The predicted molar refractivity (Wildman–Crippen MR) is 105 cm³/mol. The molecule has 27 heavy (non-hydrogen) atoms. The number of phenols is 2. The lowest BCUT2D eigenvalue weighted by Crippen LogP contribution is -2.10. The molecule has 2 aromatic carbocycles. The minimum Gasteiger partial charge on any atom is -0.507 e. The van der Waals surface area contributed by atoms with Crippen molar-refractivity contribution in [3.8, 4) is 28.7 Å². The standard InChI is InChI=1S/C19H15Cl3O5/c1-5-6(2)9-12(21)18-16(8(4)14(9)23)27-19(25)10-7(3)11(20)15(24)13(22)17(10)26-18/h5,23-24H,1-4H3/b6-5+. The molecule has 0 saturated carbocycles. The number of carbonyl (C=O) groups excluding carboxylic acids is 1. The van der Waals surface area contributed by atoms with Crippen LogP contribution in [0.2, 0.25) is 15.1 Å². The van der Waals surface area contributed by atoms with Crippen molar-refractivity contribution >= 4 is 46.3 Å². The lowest BCUT2D eigenvalue weighted by Gasteiger charge is -2.18. The van der Waals surface area contributed by atoms with Gasteiger partial charge in [-0.05, 0) is 38.8 Å². The highest BCUT2D eigenvalue weighted by atomic mass is 35.5. The predicted octanol–water partition coefficient (Wildman–Crippen LogP) is 6.42. The number of hydrogen-bond donors (Lipinski definition) is 2. The summed E-state index contributed by atoms with van der Waals surface area (Å²) in [5, 5.41) is 20.4. The molecule has 0 atom stereocenters. The zero-order chi connectivity index (χ0) is 20.2. The first-order chi connectivity index (χ1) is 12.6. The minimum atomic E-state index is -0.792. The molecular weight excluding hydrogens is 415 g/mol. The average molecular weight is 430 g/mol. The fourth-order valence-corrected chi connectivity index (χ4v) is 3.69. The zero-order valence-corrected chi connectivity index (χ0v) is 17.1. The lowest BCUT2D eigenvalue weighted by atomic mass is 10.0. The van der Waals surface area contributed by atoms with Crippen molar-refractivity contribution in [3.05, 3.63) is 43.4 Å². The highest BCUT2D eigenvalue weighted by molar-refractivity contribution is 6.39. The van der Waals surface area contributed by atoms with Crippen molar-refractivity contribution < 1.29 is 24.5 Å². The van der Waals surface area contributed by atoms with E-state index >= 15 is 0 Å². The number of hydrogen-bond acceptors (Lipinski definition) is 5. The summed E-state index contributed by atoms with van der Waals surface area (Å²) < 4.78 is 11.3. The number of rotatable bonds is 1. The van der Waals surface area contributed by atoms with E-state index in [0.717, 1.165) is 0 Å². The van der Waals surface area contributed by atoms with Crippen molar-refractivity contribution in [2.45, 2.75) is 27.7 Å². The van der Waals surface area contributed by atoms with Gasteiger partial charge in [0.15, 0.2) is 23.0 Å². The molecule has 8 heteroatoms. The molecule has 0 radical (unpaired) electrons. The number of fused-ring (bicyclic) bond motifs is 2. The Bertz CT molecular complexity index is 1040. The second-order valence-electron chi connectivity index (χ2n) is 6.09. The van der Waals surface area contributed by atoms with Crippen molar-refractivity contribution in [3.63, 3.8) is 0 Å². The van der Waals surface area contributed by atoms with Gasteiger partial charge in [-0.2, -0.15) is 0 Å². The lowest BCUT2D eigenvalue weighted by molar-refractivity contribution is 0.0735. The molecule has 0 unspecified atom stereocenters. The molecule has 0 aliphatic carbocycles. The van der Waals surface area contributed by atoms with Gasteiger partial charge in [0, 0.05) is 11.1 Å². The van der Waals surface area contributed by atoms with Gasteiger partial charge < -0.3 is 19.7 Å². The van der Waals surface area contributed by atoms with Crippen LogP contribution >= 0.6 is 34.8 Å². The summed E-state index contributed by atoms with van der Waals surface area (Å²) in [6.45, 7) is 6.66. The maximum atomic E-state index is 12.7. The van der Waals surface area contributed by atoms with E-state index in [2.05, 4.69) is 0 Å².